The summed E-state index contributed by atoms with van der Waals surface area (Å²) in [5, 5.41) is 2.19. The largest absolute Gasteiger partial charge is 0.493 e. The van der Waals surface area contributed by atoms with Gasteiger partial charge >= 0.3 is 6.18 Å². The number of anilines is 1. The first-order chi connectivity index (χ1) is 17.9. The summed E-state index contributed by atoms with van der Waals surface area (Å²) in [6.45, 7) is -0.406. The second-order valence-electron chi connectivity index (χ2n) is 7.84. The van der Waals surface area contributed by atoms with Crippen molar-refractivity contribution >= 4 is 33.2 Å². The fourth-order valence-corrected chi connectivity index (χ4v) is 4.49. The average molecular weight is 573 g/mol. The van der Waals surface area contributed by atoms with Crippen LogP contribution in [-0.2, 0) is 27.4 Å². The first-order valence-corrected chi connectivity index (χ1v) is 12.9. The van der Waals surface area contributed by atoms with Crippen molar-refractivity contribution in [1.29, 1.82) is 0 Å². The van der Waals surface area contributed by atoms with Crippen molar-refractivity contribution in [3.63, 3.8) is 0 Å². The summed E-state index contributed by atoms with van der Waals surface area (Å²) < 4.78 is 82.1. The maximum atomic E-state index is 12.9. The number of amides is 1. The molecule has 0 unspecified atom stereocenters. The van der Waals surface area contributed by atoms with E-state index in [2.05, 4.69) is 10.0 Å². The van der Waals surface area contributed by atoms with E-state index in [0.29, 0.717) is 17.9 Å². The number of methoxy groups -OCH3 is 2. The highest BCUT2D eigenvalue weighted by molar-refractivity contribution is 7.89. The lowest BCUT2D eigenvalue weighted by Crippen LogP contribution is -2.26. The molecule has 3 aromatic rings. The number of hydrogen-bond donors (Lipinski definition) is 2. The fraction of sp³-hybridized carbons (Fsp3) is 0.240. The van der Waals surface area contributed by atoms with Crippen LogP contribution in [-0.4, -0.2) is 41.7 Å². The number of sulfonamides is 1. The first-order valence-electron chi connectivity index (χ1n) is 11.0. The number of nitrogens with one attached hydrogen (secondary N) is 2. The van der Waals surface area contributed by atoms with Crippen LogP contribution in [0.5, 0.6) is 17.2 Å². The Kier molecular flexibility index (Phi) is 9.47. The van der Waals surface area contributed by atoms with Crippen molar-refractivity contribution in [3.05, 3.63) is 76.8 Å². The maximum absolute atomic E-state index is 12.9. The highest BCUT2D eigenvalue weighted by atomic mass is 35.5. The van der Waals surface area contributed by atoms with E-state index in [4.69, 9.17) is 25.8 Å². The van der Waals surface area contributed by atoms with Crippen LogP contribution in [0, 0.1) is 0 Å². The summed E-state index contributed by atoms with van der Waals surface area (Å²) in [7, 11) is -0.785. The molecule has 0 aliphatic carbocycles. The quantitative estimate of drug-likeness (QED) is 0.338. The van der Waals surface area contributed by atoms with Gasteiger partial charge in [0.05, 0.1) is 35.4 Å². The van der Waals surface area contributed by atoms with Gasteiger partial charge in [-0.2, -0.15) is 13.2 Å². The SMILES string of the molecule is COc1ccc(CCNS(=O)(=O)c2ccc(OCC(=O)Nc3cc(C(F)(F)F)ccc3Cl)cc2)cc1OC. The lowest BCUT2D eigenvalue weighted by Gasteiger charge is -2.12. The summed E-state index contributed by atoms with van der Waals surface area (Å²) in [4.78, 5) is 12.1. The van der Waals surface area contributed by atoms with Crippen LogP contribution in [0.25, 0.3) is 0 Å². The molecular formula is C25H24ClF3N2O6S. The van der Waals surface area contributed by atoms with Gasteiger partial charge < -0.3 is 19.5 Å². The van der Waals surface area contributed by atoms with Gasteiger partial charge in [0.2, 0.25) is 10.0 Å². The highest BCUT2D eigenvalue weighted by Crippen LogP contribution is 2.34. The smallest absolute Gasteiger partial charge is 0.416 e. The van der Waals surface area contributed by atoms with Crippen molar-refractivity contribution in [2.24, 2.45) is 0 Å². The van der Waals surface area contributed by atoms with Gasteiger partial charge in [-0.25, -0.2) is 13.1 Å². The van der Waals surface area contributed by atoms with Gasteiger partial charge in [0.15, 0.2) is 18.1 Å². The van der Waals surface area contributed by atoms with Crippen LogP contribution >= 0.6 is 11.6 Å². The number of hydrogen-bond acceptors (Lipinski definition) is 6. The Labute approximate surface area is 222 Å². The summed E-state index contributed by atoms with van der Waals surface area (Å²) >= 11 is 5.87. The lowest BCUT2D eigenvalue weighted by atomic mass is 10.1. The number of benzene rings is 3. The van der Waals surface area contributed by atoms with Crippen molar-refractivity contribution in [3.8, 4) is 17.2 Å². The van der Waals surface area contributed by atoms with Gasteiger partial charge in [0, 0.05) is 6.54 Å². The van der Waals surface area contributed by atoms with Crippen molar-refractivity contribution in [2.75, 3.05) is 32.7 Å². The minimum absolute atomic E-state index is 0.0163. The average Bonchev–Trinajstić information content (AvgIpc) is 2.88. The monoisotopic (exact) mass is 572 g/mol. The molecule has 0 aromatic heterocycles. The van der Waals surface area contributed by atoms with Crippen molar-refractivity contribution in [1.82, 2.24) is 4.72 Å². The minimum atomic E-state index is -4.60. The second kappa shape index (κ2) is 12.4. The fourth-order valence-electron chi connectivity index (χ4n) is 3.30. The van der Waals surface area contributed by atoms with E-state index in [1.54, 1.807) is 18.2 Å². The van der Waals surface area contributed by atoms with E-state index in [1.807, 2.05) is 0 Å². The maximum Gasteiger partial charge on any atom is 0.416 e. The Bertz CT molecular complexity index is 1380. The van der Waals surface area contributed by atoms with Gasteiger partial charge in [0.25, 0.3) is 5.91 Å². The summed E-state index contributed by atoms with van der Waals surface area (Å²) in [6, 6.07) is 13.2. The molecule has 0 bridgehead atoms. The molecule has 0 atom stereocenters. The van der Waals surface area contributed by atoms with Gasteiger partial charge in [-0.05, 0) is 66.6 Å². The predicted octanol–water partition coefficient (Wildman–Crippen LogP) is 4.91. The van der Waals surface area contributed by atoms with Crippen LogP contribution in [0.3, 0.4) is 0 Å². The Morgan fingerprint density at radius 3 is 2.26 bits per heavy atom. The molecule has 0 saturated carbocycles. The number of carbonyl (C=O) groups is 1. The van der Waals surface area contributed by atoms with Crippen LogP contribution in [0.4, 0.5) is 18.9 Å². The highest BCUT2D eigenvalue weighted by Gasteiger charge is 2.31. The molecule has 38 heavy (non-hydrogen) atoms. The molecule has 0 fully saturated rings. The van der Waals surface area contributed by atoms with Crippen molar-refractivity contribution in [2.45, 2.75) is 17.5 Å². The number of rotatable bonds is 11. The van der Waals surface area contributed by atoms with E-state index >= 15 is 0 Å². The van der Waals surface area contributed by atoms with Gasteiger partial charge in [-0.15, -0.1) is 0 Å². The summed E-state index contributed by atoms with van der Waals surface area (Å²) in [6.07, 6.45) is -4.19. The number of alkyl halides is 3. The topological polar surface area (TPSA) is 103 Å². The summed E-state index contributed by atoms with van der Waals surface area (Å²) in [5.74, 6) is 0.533. The molecule has 204 valence electrons. The zero-order chi connectivity index (χ0) is 27.9. The van der Waals surface area contributed by atoms with Crippen LogP contribution in [0.1, 0.15) is 11.1 Å². The molecule has 0 saturated heterocycles. The van der Waals surface area contributed by atoms with E-state index in [9.17, 15) is 26.4 Å². The minimum Gasteiger partial charge on any atom is -0.493 e. The molecule has 0 spiro atoms. The van der Waals surface area contributed by atoms with E-state index < -0.39 is 34.3 Å². The van der Waals surface area contributed by atoms with Crippen LogP contribution in [0.2, 0.25) is 5.02 Å². The number of halogens is 4. The molecule has 3 rings (SSSR count). The molecule has 0 radical (unpaired) electrons. The third kappa shape index (κ3) is 7.76. The van der Waals surface area contributed by atoms with Crippen LogP contribution < -0.4 is 24.2 Å². The molecule has 8 nitrogen and oxygen atoms in total. The van der Waals surface area contributed by atoms with E-state index in [1.165, 1.54) is 38.5 Å². The molecular weight excluding hydrogens is 549 g/mol. The lowest BCUT2D eigenvalue weighted by molar-refractivity contribution is -0.137. The van der Waals surface area contributed by atoms with Gasteiger partial charge in [-0.1, -0.05) is 17.7 Å². The summed E-state index contributed by atoms with van der Waals surface area (Å²) in [5.41, 5.74) is -0.332. The molecule has 13 heteroatoms. The Balaban J connectivity index is 1.53. The predicted molar refractivity (Wildman–Crippen MR) is 135 cm³/mol. The second-order valence-corrected chi connectivity index (χ2v) is 10.0. The van der Waals surface area contributed by atoms with E-state index in [-0.39, 0.29) is 27.9 Å². The molecule has 3 aromatic carbocycles. The zero-order valence-electron chi connectivity index (χ0n) is 20.3. The van der Waals surface area contributed by atoms with Crippen LogP contribution in [0.15, 0.2) is 65.6 Å². The molecule has 1 amide bonds. The molecule has 2 N–H and O–H groups in total. The molecule has 0 aliphatic rings. The molecule has 0 heterocycles. The van der Waals surface area contributed by atoms with E-state index in [0.717, 1.165) is 23.8 Å². The standard InChI is InChI=1S/C25H24ClF3N2O6S/c1-35-22-10-3-16(13-23(22)36-2)11-12-30-38(33,34)19-7-5-18(6-8-19)37-15-24(32)31-21-14-17(25(27,28)29)4-9-20(21)26/h3-10,13-14,30H,11-12,15H2,1-2H3,(H,31,32). The van der Waals surface area contributed by atoms with Gasteiger partial charge in [-0.3, -0.25) is 4.79 Å². The number of carbonyl (C=O) groups excluding carboxylic acids is 1. The van der Waals surface area contributed by atoms with Gasteiger partial charge in [0.1, 0.15) is 5.75 Å². The zero-order valence-corrected chi connectivity index (χ0v) is 21.8. The number of ether oxygens (including phenoxy) is 3. The first kappa shape index (κ1) is 29.1. The Morgan fingerprint density at radius 2 is 1.63 bits per heavy atom. The third-order valence-electron chi connectivity index (χ3n) is 5.23. The molecule has 0 aliphatic heterocycles. The van der Waals surface area contributed by atoms with Crippen molar-refractivity contribution < 1.29 is 40.6 Å². The Hall–Kier alpha value is -3.48. The normalized spacial score (nSPS) is 11.6. The third-order valence-corrected chi connectivity index (χ3v) is 7.03. The Morgan fingerprint density at radius 1 is 0.947 bits per heavy atom.